The van der Waals surface area contributed by atoms with Crippen LogP contribution in [-0.4, -0.2) is 76.9 Å². The van der Waals surface area contributed by atoms with Crippen molar-refractivity contribution in [1.82, 2.24) is 9.21 Å². The molecule has 2 aliphatic rings. The number of nitro groups is 1. The Bertz CT molecular complexity index is 900. The van der Waals surface area contributed by atoms with Crippen LogP contribution in [0.4, 0.5) is 5.69 Å². The number of carbonyl (C=O) groups is 2. The van der Waals surface area contributed by atoms with Crippen molar-refractivity contribution in [2.24, 2.45) is 5.92 Å². The van der Waals surface area contributed by atoms with Crippen molar-refractivity contribution >= 4 is 27.6 Å². The summed E-state index contributed by atoms with van der Waals surface area (Å²) in [6, 6.07) is 6.12. The molecule has 1 aliphatic carbocycles. The first-order valence-corrected chi connectivity index (χ1v) is 11.4. The van der Waals surface area contributed by atoms with Gasteiger partial charge in [0, 0.05) is 38.3 Å². The minimum absolute atomic E-state index is 0.209. The summed E-state index contributed by atoms with van der Waals surface area (Å²) in [7, 11) is -3.84. The van der Waals surface area contributed by atoms with E-state index in [0.717, 1.165) is 5.92 Å². The Balaban J connectivity index is 0.000000501. The molecule has 31 heavy (non-hydrogen) atoms. The van der Waals surface area contributed by atoms with Gasteiger partial charge in [0.15, 0.2) is 4.90 Å². The minimum atomic E-state index is -3.84. The standard InChI is InChI=1S/C17H25N3O4S.C2H2O4/c1-14-5-4-6-15(13-14)18-9-11-19(12-10-18)25(23,24)17-8-3-2-7-16(17)20(21)22;3-1(4)2(5)6/h2-3,7-8,14-15H,4-6,9-13H2,1H3;(H,3,4)(H,5,6). The molecule has 2 N–H and O–H groups in total. The van der Waals surface area contributed by atoms with Crippen molar-refractivity contribution < 1.29 is 33.1 Å². The summed E-state index contributed by atoms with van der Waals surface area (Å²) in [5.41, 5.74) is -0.356. The van der Waals surface area contributed by atoms with Gasteiger partial charge < -0.3 is 10.2 Å². The highest BCUT2D eigenvalue weighted by atomic mass is 32.2. The highest BCUT2D eigenvalue weighted by Crippen LogP contribution is 2.30. The van der Waals surface area contributed by atoms with E-state index < -0.39 is 26.9 Å². The Labute approximate surface area is 180 Å². The first-order valence-electron chi connectivity index (χ1n) is 9.98. The molecule has 0 bridgehead atoms. The number of para-hydroxylation sites is 1. The molecule has 172 valence electrons. The molecule has 0 aromatic heterocycles. The van der Waals surface area contributed by atoms with Crippen LogP contribution in [0.1, 0.15) is 32.6 Å². The topological polar surface area (TPSA) is 158 Å². The van der Waals surface area contributed by atoms with E-state index in [0.29, 0.717) is 32.2 Å². The fourth-order valence-corrected chi connectivity index (χ4v) is 5.59. The third-order valence-electron chi connectivity index (χ3n) is 5.56. The third kappa shape index (κ3) is 6.45. The fraction of sp³-hybridized carbons (Fsp3) is 0.579. The van der Waals surface area contributed by atoms with Gasteiger partial charge in [-0.05, 0) is 24.8 Å². The molecule has 2 fully saturated rings. The Morgan fingerprint density at radius 2 is 1.65 bits per heavy atom. The summed E-state index contributed by atoms with van der Waals surface area (Å²) >= 11 is 0. The van der Waals surface area contributed by atoms with Gasteiger partial charge in [0.05, 0.1) is 4.92 Å². The lowest BCUT2D eigenvalue weighted by atomic mass is 9.86. The largest absolute Gasteiger partial charge is 0.473 e. The third-order valence-corrected chi connectivity index (χ3v) is 7.51. The summed E-state index contributed by atoms with van der Waals surface area (Å²) in [4.78, 5) is 30.9. The molecule has 0 radical (unpaired) electrons. The van der Waals surface area contributed by atoms with E-state index in [-0.39, 0.29) is 10.6 Å². The number of piperazine rings is 1. The molecule has 1 saturated heterocycles. The fourth-order valence-electron chi connectivity index (χ4n) is 4.01. The smallest absolute Gasteiger partial charge is 0.414 e. The molecule has 1 aromatic carbocycles. The monoisotopic (exact) mass is 457 g/mol. The zero-order chi connectivity index (χ0) is 23.2. The average molecular weight is 458 g/mol. The number of carboxylic acids is 2. The average Bonchev–Trinajstić information content (AvgIpc) is 2.74. The lowest BCUT2D eigenvalue weighted by Crippen LogP contribution is -2.52. The van der Waals surface area contributed by atoms with Crippen molar-refractivity contribution in [2.75, 3.05) is 26.2 Å². The van der Waals surface area contributed by atoms with Gasteiger partial charge in [-0.15, -0.1) is 0 Å². The van der Waals surface area contributed by atoms with Crippen LogP contribution in [0.5, 0.6) is 0 Å². The molecule has 11 nitrogen and oxygen atoms in total. The van der Waals surface area contributed by atoms with E-state index in [1.807, 2.05) is 0 Å². The maximum atomic E-state index is 12.9. The predicted molar refractivity (Wildman–Crippen MR) is 110 cm³/mol. The highest BCUT2D eigenvalue weighted by Gasteiger charge is 2.35. The van der Waals surface area contributed by atoms with Crippen LogP contribution in [-0.2, 0) is 19.6 Å². The zero-order valence-corrected chi connectivity index (χ0v) is 18.0. The lowest BCUT2D eigenvalue weighted by molar-refractivity contribution is -0.387. The molecule has 12 heteroatoms. The zero-order valence-electron chi connectivity index (χ0n) is 17.2. The number of sulfonamides is 1. The van der Waals surface area contributed by atoms with Crippen molar-refractivity contribution in [1.29, 1.82) is 0 Å². The van der Waals surface area contributed by atoms with E-state index in [4.69, 9.17) is 19.8 Å². The summed E-state index contributed by atoms with van der Waals surface area (Å²) in [5, 5.41) is 25.9. The van der Waals surface area contributed by atoms with Crippen LogP contribution >= 0.6 is 0 Å². The maximum absolute atomic E-state index is 12.9. The van der Waals surface area contributed by atoms with Gasteiger partial charge in [-0.25, -0.2) is 18.0 Å². The second-order valence-electron chi connectivity index (χ2n) is 7.70. The second kappa shape index (κ2) is 10.6. The van der Waals surface area contributed by atoms with Crippen LogP contribution < -0.4 is 0 Å². The summed E-state index contributed by atoms with van der Waals surface area (Å²) < 4.78 is 27.1. The maximum Gasteiger partial charge on any atom is 0.414 e. The van der Waals surface area contributed by atoms with E-state index in [1.54, 1.807) is 0 Å². The van der Waals surface area contributed by atoms with Gasteiger partial charge in [0.25, 0.3) is 5.69 Å². The number of hydrogen-bond donors (Lipinski definition) is 2. The number of hydrogen-bond acceptors (Lipinski definition) is 7. The molecule has 2 atom stereocenters. The summed E-state index contributed by atoms with van der Waals surface area (Å²) in [5.74, 6) is -2.92. The van der Waals surface area contributed by atoms with Crippen molar-refractivity contribution in [3.05, 3.63) is 34.4 Å². The van der Waals surface area contributed by atoms with Crippen molar-refractivity contribution in [2.45, 2.75) is 43.5 Å². The lowest BCUT2D eigenvalue weighted by Gasteiger charge is -2.41. The van der Waals surface area contributed by atoms with Crippen molar-refractivity contribution in [3.63, 3.8) is 0 Å². The summed E-state index contributed by atoms with van der Waals surface area (Å²) in [6.07, 6.45) is 4.88. The summed E-state index contributed by atoms with van der Waals surface area (Å²) in [6.45, 7) is 4.44. The molecule has 0 amide bonds. The van der Waals surface area contributed by atoms with Gasteiger partial charge in [-0.2, -0.15) is 4.31 Å². The number of nitrogens with zero attached hydrogens (tertiary/aromatic N) is 3. The van der Waals surface area contributed by atoms with Crippen LogP contribution in [0.3, 0.4) is 0 Å². The molecule has 0 spiro atoms. The van der Waals surface area contributed by atoms with Crippen LogP contribution in [0.25, 0.3) is 0 Å². The SMILES string of the molecule is CC1CCCC(N2CCN(S(=O)(=O)c3ccccc3[N+](=O)[O-])CC2)C1.O=C(O)C(=O)O. The molecular weight excluding hydrogens is 430 g/mol. The molecule has 1 heterocycles. The highest BCUT2D eigenvalue weighted by molar-refractivity contribution is 7.89. The first kappa shape index (κ1) is 24.7. The molecule has 2 unspecified atom stereocenters. The molecule has 1 aliphatic heterocycles. The minimum Gasteiger partial charge on any atom is -0.473 e. The normalized spacial score (nSPS) is 22.7. The van der Waals surface area contributed by atoms with E-state index in [9.17, 15) is 18.5 Å². The Morgan fingerprint density at radius 3 is 2.16 bits per heavy atom. The number of nitro benzene ring substituents is 1. The van der Waals surface area contributed by atoms with Crippen LogP contribution in [0.15, 0.2) is 29.2 Å². The number of benzene rings is 1. The quantitative estimate of drug-likeness (QED) is 0.389. The molecule has 3 rings (SSSR count). The van der Waals surface area contributed by atoms with E-state index >= 15 is 0 Å². The van der Waals surface area contributed by atoms with Gasteiger partial charge in [-0.3, -0.25) is 15.0 Å². The van der Waals surface area contributed by atoms with Crippen LogP contribution in [0.2, 0.25) is 0 Å². The van der Waals surface area contributed by atoms with Crippen LogP contribution in [0, 0.1) is 16.0 Å². The Hall–Kier alpha value is -2.57. The second-order valence-corrected chi connectivity index (χ2v) is 9.61. The number of aliphatic carboxylic acids is 2. The molecular formula is C19H27N3O8S. The number of carboxylic acid groups (broad SMARTS) is 2. The van der Waals surface area contributed by atoms with Gasteiger partial charge in [-0.1, -0.05) is 31.9 Å². The Kier molecular flexibility index (Phi) is 8.48. The van der Waals surface area contributed by atoms with E-state index in [2.05, 4.69) is 11.8 Å². The van der Waals surface area contributed by atoms with E-state index in [1.165, 1.54) is 54.3 Å². The number of rotatable bonds is 4. The molecule has 1 aromatic rings. The first-order chi connectivity index (χ1) is 14.5. The Morgan fingerprint density at radius 1 is 1.06 bits per heavy atom. The van der Waals surface area contributed by atoms with Gasteiger partial charge in [0.2, 0.25) is 10.0 Å². The molecule has 1 saturated carbocycles. The van der Waals surface area contributed by atoms with Gasteiger partial charge >= 0.3 is 11.9 Å². The van der Waals surface area contributed by atoms with Gasteiger partial charge in [0.1, 0.15) is 0 Å². The predicted octanol–water partition coefficient (Wildman–Crippen LogP) is 1.64. The van der Waals surface area contributed by atoms with Crippen molar-refractivity contribution in [3.8, 4) is 0 Å².